The highest BCUT2D eigenvalue weighted by atomic mass is 35.5. The molecule has 0 aliphatic rings. The SMILES string of the molecule is CCCNC(C)(CO)CCCn1ncc(Cl)c1C. The molecule has 1 heterocycles. The van der Waals surface area contributed by atoms with Gasteiger partial charge in [0.2, 0.25) is 0 Å². The third-order valence-corrected chi connectivity index (χ3v) is 3.66. The van der Waals surface area contributed by atoms with Crippen molar-refractivity contribution in [3.05, 3.63) is 16.9 Å². The zero-order chi connectivity index (χ0) is 13.6. The molecule has 1 aromatic rings. The molecular formula is C13H24ClN3O. The monoisotopic (exact) mass is 273 g/mol. The Morgan fingerprint density at radius 1 is 1.56 bits per heavy atom. The summed E-state index contributed by atoms with van der Waals surface area (Å²) < 4.78 is 1.92. The molecule has 2 N–H and O–H groups in total. The van der Waals surface area contributed by atoms with E-state index in [9.17, 15) is 5.11 Å². The zero-order valence-electron chi connectivity index (χ0n) is 11.5. The first-order valence-corrected chi connectivity index (χ1v) is 6.94. The van der Waals surface area contributed by atoms with Crippen molar-refractivity contribution in [2.45, 2.75) is 52.1 Å². The number of rotatable bonds is 8. The number of nitrogens with zero attached hydrogens (tertiary/aromatic N) is 2. The molecule has 5 heteroatoms. The van der Waals surface area contributed by atoms with Gasteiger partial charge in [-0.3, -0.25) is 4.68 Å². The molecule has 0 bridgehead atoms. The van der Waals surface area contributed by atoms with Gasteiger partial charge in [0.25, 0.3) is 0 Å². The summed E-state index contributed by atoms with van der Waals surface area (Å²) in [6.07, 6.45) is 4.63. The van der Waals surface area contributed by atoms with Crippen molar-refractivity contribution in [1.82, 2.24) is 15.1 Å². The van der Waals surface area contributed by atoms with E-state index in [1.165, 1.54) is 0 Å². The standard InChI is InChI=1S/C13H24ClN3O/c1-4-7-15-13(3,10-18)6-5-8-17-11(2)12(14)9-16-17/h9,15,18H,4-8,10H2,1-3H3. The van der Waals surface area contributed by atoms with Gasteiger partial charge in [-0.15, -0.1) is 0 Å². The molecule has 104 valence electrons. The largest absolute Gasteiger partial charge is 0.394 e. The molecule has 0 aliphatic carbocycles. The van der Waals surface area contributed by atoms with Crippen molar-refractivity contribution in [2.75, 3.05) is 13.2 Å². The lowest BCUT2D eigenvalue weighted by Crippen LogP contribution is -2.46. The Morgan fingerprint density at radius 2 is 2.28 bits per heavy atom. The van der Waals surface area contributed by atoms with Gasteiger partial charge < -0.3 is 10.4 Å². The number of aliphatic hydroxyl groups is 1. The van der Waals surface area contributed by atoms with E-state index in [1.807, 2.05) is 11.6 Å². The summed E-state index contributed by atoms with van der Waals surface area (Å²) in [5, 5.41) is 17.8. The van der Waals surface area contributed by atoms with E-state index in [0.717, 1.165) is 38.0 Å². The molecule has 0 saturated carbocycles. The highest BCUT2D eigenvalue weighted by Crippen LogP contribution is 2.16. The molecule has 0 amide bonds. The maximum absolute atomic E-state index is 9.46. The van der Waals surface area contributed by atoms with E-state index in [0.29, 0.717) is 5.02 Å². The van der Waals surface area contributed by atoms with Gasteiger partial charge in [0, 0.05) is 12.1 Å². The molecule has 0 aliphatic heterocycles. The molecule has 4 nitrogen and oxygen atoms in total. The van der Waals surface area contributed by atoms with Crippen molar-refractivity contribution in [3.8, 4) is 0 Å². The van der Waals surface area contributed by atoms with Crippen LogP contribution in [-0.2, 0) is 6.54 Å². The Labute approximate surface area is 114 Å². The zero-order valence-corrected chi connectivity index (χ0v) is 12.3. The Balaban J connectivity index is 2.42. The van der Waals surface area contributed by atoms with Crippen molar-refractivity contribution < 1.29 is 5.11 Å². The Morgan fingerprint density at radius 3 is 2.78 bits per heavy atom. The highest BCUT2D eigenvalue weighted by Gasteiger charge is 2.21. The van der Waals surface area contributed by atoms with E-state index >= 15 is 0 Å². The number of aromatic nitrogens is 2. The quantitative estimate of drug-likeness (QED) is 0.765. The number of aliphatic hydroxyl groups excluding tert-OH is 1. The van der Waals surface area contributed by atoms with Crippen LogP contribution in [0.3, 0.4) is 0 Å². The first-order chi connectivity index (χ1) is 8.52. The van der Waals surface area contributed by atoms with Gasteiger partial charge in [0.15, 0.2) is 0 Å². The fourth-order valence-corrected chi connectivity index (χ4v) is 2.06. The molecule has 0 radical (unpaired) electrons. The molecular weight excluding hydrogens is 250 g/mol. The van der Waals surface area contributed by atoms with Crippen molar-refractivity contribution in [3.63, 3.8) is 0 Å². The van der Waals surface area contributed by atoms with Gasteiger partial charge in [-0.05, 0) is 39.7 Å². The Kier molecular flexibility index (Phi) is 6.12. The van der Waals surface area contributed by atoms with Crippen molar-refractivity contribution in [2.24, 2.45) is 0 Å². The molecule has 0 spiro atoms. The van der Waals surface area contributed by atoms with Crippen LogP contribution in [0.2, 0.25) is 5.02 Å². The Bertz CT molecular complexity index is 367. The lowest BCUT2D eigenvalue weighted by molar-refractivity contribution is 0.162. The summed E-state index contributed by atoms with van der Waals surface area (Å²) in [6, 6.07) is 0. The molecule has 0 fully saturated rings. The van der Waals surface area contributed by atoms with Crippen LogP contribution in [0.5, 0.6) is 0 Å². The summed E-state index contributed by atoms with van der Waals surface area (Å²) in [6.45, 7) is 8.08. The summed E-state index contributed by atoms with van der Waals surface area (Å²) in [4.78, 5) is 0. The Hall–Kier alpha value is -0.580. The lowest BCUT2D eigenvalue weighted by Gasteiger charge is -2.28. The normalized spacial score (nSPS) is 14.7. The summed E-state index contributed by atoms with van der Waals surface area (Å²) in [5.74, 6) is 0. The van der Waals surface area contributed by atoms with E-state index in [2.05, 4.69) is 24.3 Å². The van der Waals surface area contributed by atoms with Gasteiger partial charge >= 0.3 is 0 Å². The van der Waals surface area contributed by atoms with Gasteiger partial charge in [0.05, 0.1) is 23.5 Å². The molecule has 18 heavy (non-hydrogen) atoms. The van der Waals surface area contributed by atoms with Crippen LogP contribution < -0.4 is 5.32 Å². The van der Waals surface area contributed by atoms with Crippen LogP contribution in [0.25, 0.3) is 0 Å². The maximum atomic E-state index is 9.46. The summed E-state index contributed by atoms with van der Waals surface area (Å²) in [7, 11) is 0. The first-order valence-electron chi connectivity index (χ1n) is 6.56. The van der Waals surface area contributed by atoms with Crippen molar-refractivity contribution >= 4 is 11.6 Å². The minimum atomic E-state index is -0.194. The predicted octanol–water partition coefficient (Wildman–Crippen LogP) is 2.38. The average Bonchev–Trinajstić information content (AvgIpc) is 2.68. The van der Waals surface area contributed by atoms with Crippen LogP contribution in [0.15, 0.2) is 6.20 Å². The van der Waals surface area contributed by atoms with Crippen LogP contribution in [0.4, 0.5) is 0 Å². The molecule has 1 unspecified atom stereocenters. The second-order valence-electron chi connectivity index (χ2n) is 5.05. The number of hydrogen-bond donors (Lipinski definition) is 2. The second-order valence-corrected chi connectivity index (χ2v) is 5.46. The van der Waals surface area contributed by atoms with E-state index < -0.39 is 0 Å². The fraction of sp³-hybridized carbons (Fsp3) is 0.769. The van der Waals surface area contributed by atoms with E-state index in [1.54, 1.807) is 6.20 Å². The van der Waals surface area contributed by atoms with Crippen LogP contribution in [0, 0.1) is 6.92 Å². The molecule has 0 aromatic carbocycles. The van der Waals surface area contributed by atoms with Crippen LogP contribution in [-0.4, -0.2) is 33.6 Å². The van der Waals surface area contributed by atoms with Gasteiger partial charge in [-0.2, -0.15) is 5.10 Å². The fourth-order valence-electron chi connectivity index (χ4n) is 1.92. The third kappa shape index (κ3) is 4.26. The molecule has 1 atom stereocenters. The minimum Gasteiger partial charge on any atom is -0.394 e. The summed E-state index contributed by atoms with van der Waals surface area (Å²) >= 11 is 5.96. The smallest absolute Gasteiger partial charge is 0.0814 e. The summed E-state index contributed by atoms with van der Waals surface area (Å²) in [5.41, 5.74) is 0.810. The average molecular weight is 274 g/mol. The van der Waals surface area contributed by atoms with Gasteiger partial charge in [-0.25, -0.2) is 0 Å². The number of hydrogen-bond acceptors (Lipinski definition) is 3. The topological polar surface area (TPSA) is 50.1 Å². The third-order valence-electron chi connectivity index (χ3n) is 3.29. The van der Waals surface area contributed by atoms with Crippen LogP contribution in [0.1, 0.15) is 38.8 Å². The van der Waals surface area contributed by atoms with Gasteiger partial charge in [0.1, 0.15) is 0 Å². The maximum Gasteiger partial charge on any atom is 0.0814 e. The minimum absolute atomic E-state index is 0.159. The number of halogens is 1. The van der Waals surface area contributed by atoms with E-state index in [4.69, 9.17) is 11.6 Å². The van der Waals surface area contributed by atoms with Crippen molar-refractivity contribution in [1.29, 1.82) is 0 Å². The predicted molar refractivity (Wildman–Crippen MR) is 75.0 cm³/mol. The molecule has 1 rings (SSSR count). The molecule has 1 aromatic heterocycles. The highest BCUT2D eigenvalue weighted by molar-refractivity contribution is 6.31. The lowest BCUT2D eigenvalue weighted by atomic mass is 9.96. The van der Waals surface area contributed by atoms with Gasteiger partial charge in [-0.1, -0.05) is 18.5 Å². The first kappa shape index (κ1) is 15.5. The van der Waals surface area contributed by atoms with E-state index in [-0.39, 0.29) is 12.1 Å². The van der Waals surface area contributed by atoms with Crippen LogP contribution >= 0.6 is 11.6 Å². The second kappa shape index (κ2) is 7.12. The molecule has 0 saturated heterocycles. The number of aryl methyl sites for hydroxylation is 1. The number of nitrogens with one attached hydrogen (secondary N) is 1.